The number of sulfonamides is 1. The topological polar surface area (TPSA) is 127 Å². The standard InChI is InChI=1S/C11H18N4O4S/c1-7(2)8(3)14-20(18,19)9-4-5-10(13-12)11(6-9)15(16)17/h4-8,13-14H,12H2,1-3H3. The number of hydrogen-bond acceptors (Lipinski definition) is 6. The lowest BCUT2D eigenvalue weighted by Crippen LogP contribution is -2.36. The third-order valence-corrected chi connectivity index (χ3v) is 4.53. The van der Waals surface area contributed by atoms with Gasteiger partial charge in [0.15, 0.2) is 0 Å². The molecule has 0 radical (unpaired) electrons. The fourth-order valence-electron chi connectivity index (χ4n) is 1.40. The van der Waals surface area contributed by atoms with Crippen molar-refractivity contribution in [1.82, 2.24) is 4.72 Å². The van der Waals surface area contributed by atoms with E-state index in [1.54, 1.807) is 6.92 Å². The molecule has 1 aromatic carbocycles. The molecule has 0 aromatic heterocycles. The third-order valence-electron chi connectivity index (χ3n) is 2.97. The number of anilines is 1. The van der Waals surface area contributed by atoms with E-state index in [0.29, 0.717) is 0 Å². The summed E-state index contributed by atoms with van der Waals surface area (Å²) in [4.78, 5) is 10.0. The summed E-state index contributed by atoms with van der Waals surface area (Å²) in [5, 5.41) is 10.9. The average Bonchev–Trinajstić information content (AvgIpc) is 2.37. The van der Waals surface area contributed by atoms with Gasteiger partial charge in [0.2, 0.25) is 10.0 Å². The van der Waals surface area contributed by atoms with Crippen molar-refractivity contribution in [2.75, 3.05) is 5.43 Å². The number of nitro groups is 1. The maximum atomic E-state index is 12.1. The molecule has 0 aliphatic carbocycles. The SMILES string of the molecule is CC(C)C(C)NS(=O)(=O)c1ccc(NN)c([N+](=O)[O-])c1. The van der Waals surface area contributed by atoms with Gasteiger partial charge in [-0.25, -0.2) is 13.1 Å². The van der Waals surface area contributed by atoms with Crippen molar-refractivity contribution in [2.45, 2.75) is 31.7 Å². The molecule has 0 saturated heterocycles. The van der Waals surface area contributed by atoms with Crippen LogP contribution in [0, 0.1) is 16.0 Å². The van der Waals surface area contributed by atoms with E-state index in [2.05, 4.69) is 10.1 Å². The summed E-state index contributed by atoms with van der Waals surface area (Å²) in [5.41, 5.74) is 1.81. The third kappa shape index (κ3) is 3.65. The minimum Gasteiger partial charge on any atom is -0.318 e. The number of benzene rings is 1. The van der Waals surface area contributed by atoms with Gasteiger partial charge in [0, 0.05) is 12.1 Å². The molecule has 4 N–H and O–H groups in total. The first-order chi connectivity index (χ1) is 9.19. The predicted molar refractivity (Wildman–Crippen MR) is 75.5 cm³/mol. The first-order valence-corrected chi connectivity index (χ1v) is 7.44. The molecule has 112 valence electrons. The fraction of sp³-hybridized carbons (Fsp3) is 0.455. The summed E-state index contributed by atoms with van der Waals surface area (Å²) in [6, 6.07) is 3.21. The Morgan fingerprint density at radius 1 is 1.30 bits per heavy atom. The Morgan fingerprint density at radius 2 is 1.90 bits per heavy atom. The van der Waals surface area contributed by atoms with Crippen LogP contribution in [0.15, 0.2) is 23.1 Å². The summed E-state index contributed by atoms with van der Waals surface area (Å²) in [7, 11) is -3.81. The highest BCUT2D eigenvalue weighted by atomic mass is 32.2. The number of rotatable bonds is 6. The summed E-state index contributed by atoms with van der Waals surface area (Å²) in [5.74, 6) is 5.25. The van der Waals surface area contributed by atoms with E-state index < -0.39 is 20.6 Å². The van der Waals surface area contributed by atoms with Gasteiger partial charge in [-0.2, -0.15) is 0 Å². The molecule has 0 saturated carbocycles. The molecular formula is C11H18N4O4S. The van der Waals surface area contributed by atoms with Crippen LogP contribution >= 0.6 is 0 Å². The molecular weight excluding hydrogens is 284 g/mol. The van der Waals surface area contributed by atoms with Crippen molar-refractivity contribution < 1.29 is 13.3 Å². The van der Waals surface area contributed by atoms with Crippen molar-refractivity contribution in [3.63, 3.8) is 0 Å². The summed E-state index contributed by atoms with van der Waals surface area (Å²) in [6.45, 7) is 5.47. The molecule has 9 heteroatoms. The van der Waals surface area contributed by atoms with E-state index in [1.807, 2.05) is 13.8 Å². The molecule has 0 aliphatic heterocycles. The van der Waals surface area contributed by atoms with Gasteiger partial charge in [-0.1, -0.05) is 13.8 Å². The maximum absolute atomic E-state index is 12.1. The lowest BCUT2D eigenvalue weighted by Gasteiger charge is -2.17. The van der Waals surface area contributed by atoms with E-state index >= 15 is 0 Å². The van der Waals surface area contributed by atoms with Gasteiger partial charge >= 0.3 is 0 Å². The molecule has 0 amide bonds. The molecule has 1 atom stereocenters. The van der Waals surface area contributed by atoms with E-state index in [4.69, 9.17) is 5.84 Å². The number of nitrogens with one attached hydrogen (secondary N) is 2. The number of hydrogen-bond donors (Lipinski definition) is 3. The highest BCUT2D eigenvalue weighted by Crippen LogP contribution is 2.26. The van der Waals surface area contributed by atoms with Crippen molar-refractivity contribution in [2.24, 2.45) is 11.8 Å². The molecule has 0 bridgehead atoms. The molecule has 1 aromatic rings. The van der Waals surface area contributed by atoms with Crippen LogP contribution < -0.4 is 16.0 Å². The summed E-state index contributed by atoms with van der Waals surface area (Å²) < 4.78 is 26.7. The van der Waals surface area contributed by atoms with Crippen LogP contribution in [0.3, 0.4) is 0 Å². The van der Waals surface area contributed by atoms with Gasteiger partial charge in [0.05, 0.1) is 9.82 Å². The molecule has 0 spiro atoms. The second-order valence-corrected chi connectivity index (χ2v) is 6.45. The Kier molecular flexibility index (Phi) is 5.03. The zero-order valence-corrected chi connectivity index (χ0v) is 12.3. The Balaban J connectivity index is 3.20. The zero-order chi connectivity index (χ0) is 15.5. The largest absolute Gasteiger partial charge is 0.318 e. The van der Waals surface area contributed by atoms with Gasteiger partial charge in [0.25, 0.3) is 5.69 Å². The van der Waals surface area contributed by atoms with Crippen LogP contribution in [0.5, 0.6) is 0 Å². The van der Waals surface area contributed by atoms with E-state index in [-0.39, 0.29) is 22.5 Å². The molecule has 1 rings (SSSR count). The van der Waals surface area contributed by atoms with Crippen LogP contribution in [-0.4, -0.2) is 19.4 Å². The van der Waals surface area contributed by atoms with Gasteiger partial charge < -0.3 is 5.43 Å². The zero-order valence-electron chi connectivity index (χ0n) is 11.5. The molecule has 8 nitrogen and oxygen atoms in total. The van der Waals surface area contributed by atoms with Gasteiger partial charge in [-0.05, 0) is 25.0 Å². The Bertz CT molecular complexity index is 600. The number of nitrogens with zero attached hydrogens (tertiary/aromatic N) is 1. The minimum absolute atomic E-state index is 0.0471. The first-order valence-electron chi connectivity index (χ1n) is 5.96. The number of hydrazine groups is 1. The number of nitrogens with two attached hydrogens (primary N) is 1. The van der Waals surface area contributed by atoms with Crippen LogP contribution in [0.2, 0.25) is 0 Å². The monoisotopic (exact) mass is 302 g/mol. The molecule has 0 fully saturated rings. The smallest absolute Gasteiger partial charge is 0.294 e. The number of nitro benzene ring substituents is 1. The molecule has 0 aliphatic rings. The van der Waals surface area contributed by atoms with E-state index in [9.17, 15) is 18.5 Å². The average molecular weight is 302 g/mol. The quantitative estimate of drug-likeness (QED) is 0.411. The Morgan fingerprint density at radius 3 is 2.35 bits per heavy atom. The van der Waals surface area contributed by atoms with E-state index in [1.165, 1.54) is 12.1 Å². The van der Waals surface area contributed by atoms with Crippen molar-refractivity contribution in [3.05, 3.63) is 28.3 Å². The summed E-state index contributed by atoms with van der Waals surface area (Å²) in [6.07, 6.45) is 0. The van der Waals surface area contributed by atoms with Crippen molar-refractivity contribution in [3.8, 4) is 0 Å². The van der Waals surface area contributed by atoms with Crippen LogP contribution in [0.1, 0.15) is 20.8 Å². The second kappa shape index (κ2) is 6.16. The van der Waals surface area contributed by atoms with Gasteiger partial charge in [0.1, 0.15) is 5.69 Å². The van der Waals surface area contributed by atoms with E-state index in [0.717, 1.165) is 6.07 Å². The highest BCUT2D eigenvalue weighted by molar-refractivity contribution is 7.89. The molecule has 0 heterocycles. The molecule has 1 unspecified atom stereocenters. The Hall–Kier alpha value is -1.71. The highest BCUT2D eigenvalue weighted by Gasteiger charge is 2.23. The van der Waals surface area contributed by atoms with Crippen LogP contribution in [0.25, 0.3) is 0 Å². The minimum atomic E-state index is -3.81. The van der Waals surface area contributed by atoms with Crippen LogP contribution in [0.4, 0.5) is 11.4 Å². The van der Waals surface area contributed by atoms with Crippen molar-refractivity contribution in [1.29, 1.82) is 0 Å². The lowest BCUT2D eigenvalue weighted by molar-refractivity contribution is -0.384. The van der Waals surface area contributed by atoms with Crippen molar-refractivity contribution >= 4 is 21.4 Å². The van der Waals surface area contributed by atoms with Crippen LogP contribution in [-0.2, 0) is 10.0 Å². The summed E-state index contributed by atoms with van der Waals surface area (Å²) >= 11 is 0. The first kappa shape index (κ1) is 16.3. The molecule has 20 heavy (non-hydrogen) atoms. The fourth-order valence-corrected chi connectivity index (χ4v) is 2.81. The maximum Gasteiger partial charge on any atom is 0.294 e. The predicted octanol–water partition coefficient (Wildman–Crippen LogP) is 1.20. The Labute approximate surface area is 117 Å². The normalized spacial score (nSPS) is 13.2. The van der Waals surface area contributed by atoms with Gasteiger partial charge in [-0.3, -0.25) is 16.0 Å². The second-order valence-electron chi connectivity index (χ2n) is 4.73. The lowest BCUT2D eigenvalue weighted by atomic mass is 10.1. The van der Waals surface area contributed by atoms with Gasteiger partial charge in [-0.15, -0.1) is 0 Å². The number of nitrogen functional groups attached to an aromatic ring is 1.